The maximum atomic E-state index is 12.8. The second kappa shape index (κ2) is 4.20. The minimum Gasteiger partial charge on any atom is -0.353 e. The van der Waals surface area contributed by atoms with Crippen LogP contribution in [-0.4, -0.2) is 15.6 Å². The number of benzene rings is 1. The minimum atomic E-state index is -0.198. The maximum Gasteiger partial charge on any atom is 0.203 e. The molecule has 1 aromatic carbocycles. The lowest BCUT2D eigenvalue weighted by molar-refractivity contribution is 0.626. The number of nitrogens with zero attached hydrogens (tertiary/aromatic N) is 2. The Kier molecular flexibility index (Phi) is 2.55. The van der Waals surface area contributed by atoms with Crippen molar-refractivity contribution in [3.8, 4) is 0 Å². The number of imidazole rings is 1. The van der Waals surface area contributed by atoms with E-state index in [1.807, 2.05) is 10.8 Å². The smallest absolute Gasteiger partial charge is 0.203 e. The Bertz CT molecular complexity index is 500. The van der Waals surface area contributed by atoms with Gasteiger partial charge in [0.2, 0.25) is 5.95 Å². The van der Waals surface area contributed by atoms with Crippen LogP contribution in [0, 0.1) is 5.82 Å². The molecule has 1 aliphatic rings. The summed E-state index contributed by atoms with van der Waals surface area (Å²) in [6.07, 6.45) is 6.18. The van der Waals surface area contributed by atoms with Gasteiger partial charge in [-0.3, -0.25) is 0 Å². The van der Waals surface area contributed by atoms with Gasteiger partial charge in [-0.25, -0.2) is 9.37 Å². The van der Waals surface area contributed by atoms with E-state index in [1.165, 1.54) is 25.0 Å². The second-order valence-corrected chi connectivity index (χ2v) is 4.42. The maximum absolute atomic E-state index is 12.8. The van der Waals surface area contributed by atoms with Gasteiger partial charge in [-0.15, -0.1) is 0 Å². The molecule has 0 spiro atoms. The normalized spacial score (nSPS) is 14.9. The largest absolute Gasteiger partial charge is 0.353 e. The quantitative estimate of drug-likeness (QED) is 0.876. The van der Waals surface area contributed by atoms with Crippen LogP contribution < -0.4 is 5.32 Å². The molecular formula is C13H14FN3. The van der Waals surface area contributed by atoms with Gasteiger partial charge in [0.15, 0.2) is 0 Å². The van der Waals surface area contributed by atoms with Crippen molar-refractivity contribution in [2.75, 3.05) is 5.32 Å². The zero-order chi connectivity index (χ0) is 11.7. The molecule has 0 radical (unpaired) electrons. The van der Waals surface area contributed by atoms with Gasteiger partial charge in [-0.1, -0.05) is 12.1 Å². The van der Waals surface area contributed by atoms with Crippen molar-refractivity contribution >= 4 is 5.95 Å². The predicted octanol–water partition coefficient (Wildman–Crippen LogP) is 2.64. The molecule has 0 unspecified atom stereocenters. The van der Waals surface area contributed by atoms with E-state index in [-0.39, 0.29) is 5.82 Å². The van der Waals surface area contributed by atoms with E-state index in [0.717, 1.165) is 18.1 Å². The Morgan fingerprint density at radius 2 is 2.06 bits per heavy atom. The molecule has 0 atom stereocenters. The van der Waals surface area contributed by atoms with Crippen molar-refractivity contribution in [3.63, 3.8) is 0 Å². The Labute approximate surface area is 99.3 Å². The third-order valence-corrected chi connectivity index (χ3v) is 2.89. The highest BCUT2D eigenvalue weighted by Crippen LogP contribution is 2.24. The molecule has 0 amide bonds. The number of hydrogen-bond donors (Lipinski definition) is 1. The summed E-state index contributed by atoms with van der Waals surface area (Å²) in [6.45, 7) is 0.718. The second-order valence-electron chi connectivity index (χ2n) is 4.42. The molecule has 1 aromatic heterocycles. The summed E-state index contributed by atoms with van der Waals surface area (Å²) < 4.78 is 14.8. The van der Waals surface area contributed by atoms with E-state index in [4.69, 9.17) is 0 Å². The van der Waals surface area contributed by atoms with Crippen molar-refractivity contribution in [3.05, 3.63) is 48.0 Å². The SMILES string of the molecule is Fc1ccc(Cn2ccnc2NC2CC2)cc1. The Hall–Kier alpha value is -1.84. The van der Waals surface area contributed by atoms with Crippen molar-refractivity contribution < 1.29 is 4.39 Å². The Balaban J connectivity index is 1.75. The molecule has 17 heavy (non-hydrogen) atoms. The van der Waals surface area contributed by atoms with Crippen LogP contribution in [0.3, 0.4) is 0 Å². The number of aromatic nitrogens is 2. The van der Waals surface area contributed by atoms with Crippen LogP contribution in [0.5, 0.6) is 0 Å². The average molecular weight is 231 g/mol. The summed E-state index contributed by atoms with van der Waals surface area (Å²) >= 11 is 0. The number of anilines is 1. The molecule has 4 heteroatoms. The zero-order valence-corrected chi connectivity index (χ0v) is 9.44. The molecule has 0 bridgehead atoms. The van der Waals surface area contributed by atoms with E-state index in [2.05, 4.69) is 10.3 Å². The summed E-state index contributed by atoms with van der Waals surface area (Å²) in [6, 6.07) is 7.16. The molecule has 1 heterocycles. The van der Waals surface area contributed by atoms with E-state index < -0.39 is 0 Å². The molecule has 2 aromatic rings. The first-order chi connectivity index (χ1) is 8.31. The van der Waals surface area contributed by atoms with E-state index in [1.54, 1.807) is 18.3 Å². The van der Waals surface area contributed by atoms with Gasteiger partial charge >= 0.3 is 0 Å². The highest BCUT2D eigenvalue weighted by Gasteiger charge is 2.22. The molecule has 1 fully saturated rings. The number of nitrogens with one attached hydrogen (secondary N) is 1. The third-order valence-electron chi connectivity index (χ3n) is 2.89. The first-order valence-corrected chi connectivity index (χ1v) is 5.83. The van der Waals surface area contributed by atoms with Crippen molar-refractivity contribution in [1.82, 2.24) is 9.55 Å². The molecular weight excluding hydrogens is 217 g/mol. The van der Waals surface area contributed by atoms with Gasteiger partial charge in [-0.05, 0) is 30.5 Å². The van der Waals surface area contributed by atoms with Gasteiger partial charge in [0.25, 0.3) is 0 Å². The van der Waals surface area contributed by atoms with E-state index in [9.17, 15) is 4.39 Å². The first-order valence-electron chi connectivity index (χ1n) is 5.83. The fraction of sp³-hybridized carbons (Fsp3) is 0.308. The molecule has 0 aliphatic heterocycles. The summed E-state index contributed by atoms with van der Waals surface area (Å²) in [4.78, 5) is 4.29. The van der Waals surface area contributed by atoms with Gasteiger partial charge in [0, 0.05) is 18.4 Å². The van der Waals surface area contributed by atoms with Crippen molar-refractivity contribution in [1.29, 1.82) is 0 Å². The van der Waals surface area contributed by atoms with Gasteiger partial charge in [0.1, 0.15) is 5.82 Å². The Morgan fingerprint density at radius 1 is 1.29 bits per heavy atom. The van der Waals surface area contributed by atoms with Crippen LogP contribution >= 0.6 is 0 Å². The topological polar surface area (TPSA) is 29.9 Å². The molecule has 1 aliphatic carbocycles. The molecule has 1 N–H and O–H groups in total. The number of rotatable bonds is 4. The van der Waals surface area contributed by atoms with Crippen molar-refractivity contribution in [2.24, 2.45) is 0 Å². The standard InChI is InChI=1S/C13H14FN3/c14-11-3-1-10(2-4-11)9-17-8-7-15-13(17)16-12-5-6-12/h1-4,7-8,12H,5-6,9H2,(H,15,16). The van der Waals surface area contributed by atoms with Crippen molar-refractivity contribution in [2.45, 2.75) is 25.4 Å². The van der Waals surface area contributed by atoms with Gasteiger partial charge in [-0.2, -0.15) is 0 Å². The van der Waals surface area contributed by atoms with Crippen LogP contribution in [0.1, 0.15) is 18.4 Å². The summed E-state index contributed by atoms with van der Waals surface area (Å²) in [5.41, 5.74) is 1.07. The molecule has 0 saturated heterocycles. The lowest BCUT2D eigenvalue weighted by Gasteiger charge is -2.09. The fourth-order valence-electron chi connectivity index (χ4n) is 1.77. The van der Waals surface area contributed by atoms with Gasteiger partial charge in [0.05, 0.1) is 6.54 Å². The fourth-order valence-corrected chi connectivity index (χ4v) is 1.77. The monoisotopic (exact) mass is 231 g/mol. The van der Waals surface area contributed by atoms with Crippen LogP contribution in [0.15, 0.2) is 36.7 Å². The van der Waals surface area contributed by atoms with Crippen LogP contribution in [0.25, 0.3) is 0 Å². The summed E-state index contributed by atoms with van der Waals surface area (Å²) in [5, 5.41) is 3.37. The van der Waals surface area contributed by atoms with Crippen LogP contribution in [0.4, 0.5) is 10.3 Å². The zero-order valence-electron chi connectivity index (χ0n) is 9.44. The highest BCUT2D eigenvalue weighted by atomic mass is 19.1. The van der Waals surface area contributed by atoms with E-state index in [0.29, 0.717) is 6.04 Å². The first kappa shape index (κ1) is 10.3. The molecule has 88 valence electrons. The summed E-state index contributed by atoms with van der Waals surface area (Å²) in [5.74, 6) is 0.701. The molecule has 3 nitrogen and oxygen atoms in total. The average Bonchev–Trinajstić information content (AvgIpc) is 3.03. The number of halogens is 1. The van der Waals surface area contributed by atoms with Crippen LogP contribution in [-0.2, 0) is 6.54 Å². The summed E-state index contributed by atoms with van der Waals surface area (Å²) in [7, 11) is 0. The van der Waals surface area contributed by atoms with Crippen LogP contribution in [0.2, 0.25) is 0 Å². The third kappa shape index (κ3) is 2.46. The highest BCUT2D eigenvalue weighted by molar-refractivity contribution is 5.31. The lowest BCUT2D eigenvalue weighted by Crippen LogP contribution is -2.09. The predicted molar refractivity (Wildman–Crippen MR) is 64.4 cm³/mol. The number of hydrogen-bond acceptors (Lipinski definition) is 2. The Morgan fingerprint density at radius 3 is 2.76 bits per heavy atom. The minimum absolute atomic E-state index is 0.198. The van der Waals surface area contributed by atoms with E-state index >= 15 is 0 Å². The van der Waals surface area contributed by atoms with Gasteiger partial charge < -0.3 is 9.88 Å². The molecule has 1 saturated carbocycles. The molecule has 3 rings (SSSR count). The lowest BCUT2D eigenvalue weighted by atomic mass is 10.2.